The first-order valence-electron chi connectivity index (χ1n) is 18.4. The van der Waals surface area contributed by atoms with Crippen molar-refractivity contribution in [3.8, 4) is 0 Å². The quantitative estimate of drug-likeness (QED) is 0.340. The van der Waals surface area contributed by atoms with E-state index in [1.807, 2.05) is 0 Å². The van der Waals surface area contributed by atoms with Crippen LogP contribution in [0.4, 0.5) is 0 Å². The molecule has 6 saturated carbocycles. The zero-order valence-corrected chi connectivity index (χ0v) is 25.6. The van der Waals surface area contributed by atoms with Gasteiger partial charge in [-0.25, -0.2) is 0 Å². The van der Waals surface area contributed by atoms with Crippen molar-refractivity contribution in [1.29, 1.82) is 0 Å². The van der Waals surface area contributed by atoms with E-state index < -0.39 is 0 Å². The van der Waals surface area contributed by atoms with Crippen LogP contribution in [0.1, 0.15) is 135 Å². The van der Waals surface area contributed by atoms with Crippen molar-refractivity contribution < 1.29 is 4.74 Å². The monoisotopic (exact) mass is 551 g/mol. The van der Waals surface area contributed by atoms with Crippen molar-refractivity contribution in [2.45, 2.75) is 176 Å². The van der Waals surface area contributed by atoms with E-state index in [9.17, 15) is 0 Å². The third kappa shape index (κ3) is 4.14. The third-order valence-electron chi connectivity index (χ3n) is 15.0. The third-order valence-corrected chi connectivity index (χ3v) is 16.8. The zero-order valence-electron chi connectivity index (χ0n) is 24.8. The highest BCUT2D eigenvalue weighted by atomic mass is 32.2. The minimum absolute atomic E-state index is 0.632. The molecular weight excluding hydrogens is 494 g/mol. The molecule has 0 aromatic heterocycles. The lowest BCUT2D eigenvalue weighted by Gasteiger charge is -2.47. The molecular formula is C36H57NOS. The normalized spacial score (nSPS) is 57.1. The summed E-state index contributed by atoms with van der Waals surface area (Å²) in [5.74, 6) is 7.72. The first-order valence-corrected chi connectivity index (χ1v) is 19.4. The molecule has 15 unspecified atom stereocenters. The van der Waals surface area contributed by atoms with Crippen LogP contribution in [0.5, 0.6) is 0 Å². The summed E-state index contributed by atoms with van der Waals surface area (Å²) >= 11 is 2.44. The molecule has 0 radical (unpaired) electrons. The van der Waals surface area contributed by atoms with E-state index in [1.165, 1.54) is 122 Å². The summed E-state index contributed by atoms with van der Waals surface area (Å²) in [7, 11) is 0. The number of thioether (sulfide) groups is 1. The van der Waals surface area contributed by atoms with E-state index in [4.69, 9.17) is 4.74 Å². The number of ether oxygens (including phenoxy) is 1. The lowest BCUT2D eigenvalue weighted by molar-refractivity contribution is -0.0779. The van der Waals surface area contributed by atoms with Crippen LogP contribution in [0.25, 0.3) is 0 Å². The van der Waals surface area contributed by atoms with Crippen molar-refractivity contribution in [1.82, 2.24) is 4.90 Å². The van der Waals surface area contributed by atoms with Crippen LogP contribution in [0, 0.1) is 47.3 Å². The highest BCUT2D eigenvalue weighted by Gasteiger charge is 2.60. The second-order valence-electron chi connectivity index (χ2n) is 16.4. The Morgan fingerprint density at radius 1 is 0.462 bits per heavy atom. The number of likely N-dealkylation sites (tertiary alicyclic amines) is 1. The van der Waals surface area contributed by atoms with Gasteiger partial charge in [-0.3, -0.25) is 4.90 Å². The first-order chi connectivity index (χ1) is 19.3. The van der Waals surface area contributed by atoms with Gasteiger partial charge in [0.2, 0.25) is 0 Å². The summed E-state index contributed by atoms with van der Waals surface area (Å²) in [6.07, 6.45) is 33.2. The van der Waals surface area contributed by atoms with E-state index in [1.54, 1.807) is 12.8 Å². The molecule has 3 heterocycles. The van der Waals surface area contributed by atoms with Crippen molar-refractivity contribution >= 4 is 11.8 Å². The van der Waals surface area contributed by atoms with Crippen LogP contribution in [-0.2, 0) is 4.74 Å². The lowest BCUT2D eigenvalue weighted by atomic mass is 9.62. The Hall–Kier alpha value is 0.270. The summed E-state index contributed by atoms with van der Waals surface area (Å²) in [6, 6.07) is 2.83. The van der Waals surface area contributed by atoms with Gasteiger partial charge in [-0.2, -0.15) is 11.8 Å². The van der Waals surface area contributed by atoms with E-state index in [0.29, 0.717) is 12.2 Å². The van der Waals surface area contributed by atoms with Gasteiger partial charge in [0.25, 0.3) is 0 Å². The average Bonchev–Trinajstić information content (AvgIpc) is 3.66. The van der Waals surface area contributed by atoms with E-state index in [2.05, 4.69) is 16.7 Å². The number of rotatable bonds is 2. The summed E-state index contributed by atoms with van der Waals surface area (Å²) in [6.45, 7) is 0. The van der Waals surface area contributed by atoms with Gasteiger partial charge in [-0.1, -0.05) is 51.4 Å². The summed E-state index contributed by atoms with van der Waals surface area (Å²) < 4.78 is 7.50. The molecule has 3 saturated heterocycles. The molecule has 0 spiro atoms. The molecule has 9 fully saturated rings. The van der Waals surface area contributed by atoms with Gasteiger partial charge in [0.05, 0.1) is 12.2 Å². The molecule has 9 rings (SSSR count). The molecule has 0 aromatic carbocycles. The van der Waals surface area contributed by atoms with E-state index in [0.717, 1.165) is 76.0 Å². The van der Waals surface area contributed by atoms with Crippen molar-refractivity contribution in [2.24, 2.45) is 47.3 Å². The Morgan fingerprint density at radius 2 is 1.10 bits per heavy atom. The van der Waals surface area contributed by atoms with Crippen LogP contribution in [0.3, 0.4) is 0 Å². The van der Waals surface area contributed by atoms with Gasteiger partial charge in [-0.15, -0.1) is 0 Å². The molecule has 0 bridgehead atoms. The molecule has 3 heteroatoms. The molecule has 9 aliphatic rings. The maximum atomic E-state index is 7.50. The SMILES string of the molecule is C1CCC2C(C1)SC1CCC3C4CCCC(C5CCCC(N6C7CCCCC7C7CCCCC76)C5)C4OC3C12. The number of hydrogen-bond donors (Lipinski definition) is 0. The van der Waals surface area contributed by atoms with Crippen LogP contribution < -0.4 is 0 Å². The Kier molecular flexibility index (Phi) is 6.91. The molecule has 39 heavy (non-hydrogen) atoms. The lowest BCUT2D eigenvalue weighted by Crippen LogP contribution is -2.50. The Labute approximate surface area is 243 Å². The largest absolute Gasteiger partial charge is 0.374 e. The molecule has 2 nitrogen and oxygen atoms in total. The maximum absolute atomic E-state index is 7.50. The number of hydrogen-bond acceptors (Lipinski definition) is 3. The predicted molar refractivity (Wildman–Crippen MR) is 162 cm³/mol. The molecule has 3 aliphatic heterocycles. The maximum Gasteiger partial charge on any atom is 0.0652 e. The van der Waals surface area contributed by atoms with Crippen molar-refractivity contribution in [3.63, 3.8) is 0 Å². The molecule has 0 amide bonds. The van der Waals surface area contributed by atoms with Gasteiger partial charge in [0.1, 0.15) is 0 Å². The fourth-order valence-electron chi connectivity index (χ4n) is 13.7. The predicted octanol–water partition coefficient (Wildman–Crippen LogP) is 8.86. The Balaban J connectivity index is 0.943. The van der Waals surface area contributed by atoms with E-state index in [-0.39, 0.29) is 0 Å². The minimum Gasteiger partial charge on any atom is -0.374 e. The van der Waals surface area contributed by atoms with E-state index >= 15 is 0 Å². The van der Waals surface area contributed by atoms with Crippen molar-refractivity contribution in [3.05, 3.63) is 0 Å². The average molecular weight is 552 g/mol. The standard InChI is InChI=1S/C36H57NOS/c1-4-16-30-25(11-1)26-12-2-5-17-31(26)37(30)23-10-7-9-22(21-23)24-14-8-15-27-28-19-20-33-34(36(28)38-35(24)27)29-13-3-6-18-32(29)39-33/h22-36H,1-21H2. The fraction of sp³-hybridized carbons (Fsp3) is 1.00. The van der Waals surface area contributed by atoms with Crippen LogP contribution in [-0.4, -0.2) is 45.7 Å². The molecule has 218 valence electrons. The second-order valence-corrected chi connectivity index (χ2v) is 17.8. The smallest absolute Gasteiger partial charge is 0.0652 e. The van der Waals surface area contributed by atoms with Gasteiger partial charge in [0.15, 0.2) is 0 Å². The van der Waals surface area contributed by atoms with Crippen LogP contribution in [0.15, 0.2) is 0 Å². The van der Waals surface area contributed by atoms with Gasteiger partial charge < -0.3 is 4.74 Å². The van der Waals surface area contributed by atoms with Gasteiger partial charge in [0, 0.05) is 34.5 Å². The summed E-state index contributed by atoms with van der Waals surface area (Å²) in [5, 5.41) is 1.93. The summed E-state index contributed by atoms with van der Waals surface area (Å²) in [4.78, 5) is 3.26. The highest BCUT2D eigenvalue weighted by Crippen LogP contribution is 2.62. The fourth-order valence-corrected chi connectivity index (χ4v) is 15.8. The highest BCUT2D eigenvalue weighted by molar-refractivity contribution is 8.00. The zero-order chi connectivity index (χ0) is 25.5. The molecule has 0 N–H and O–H groups in total. The minimum atomic E-state index is 0.632. The molecule has 6 aliphatic carbocycles. The van der Waals surface area contributed by atoms with Crippen molar-refractivity contribution in [2.75, 3.05) is 0 Å². The number of nitrogens with zero attached hydrogens (tertiary/aromatic N) is 1. The molecule has 0 aromatic rings. The van der Waals surface area contributed by atoms with Crippen LogP contribution >= 0.6 is 11.8 Å². The second kappa shape index (κ2) is 10.5. The topological polar surface area (TPSA) is 12.5 Å². The van der Waals surface area contributed by atoms with Gasteiger partial charge >= 0.3 is 0 Å². The number of fused-ring (bicyclic) bond motifs is 10. The van der Waals surface area contributed by atoms with Crippen LogP contribution in [0.2, 0.25) is 0 Å². The molecule has 15 atom stereocenters. The summed E-state index contributed by atoms with van der Waals surface area (Å²) in [5.41, 5.74) is 0. The Morgan fingerprint density at radius 3 is 1.92 bits per heavy atom. The Bertz CT molecular complexity index is 871. The van der Waals surface area contributed by atoms with Gasteiger partial charge in [-0.05, 0) is 125 Å². The first kappa shape index (κ1) is 25.7.